The number of rotatable bonds is 5. The number of pyridine rings is 1. The predicted molar refractivity (Wildman–Crippen MR) is 155 cm³/mol. The van der Waals surface area contributed by atoms with E-state index in [-0.39, 0.29) is 17.0 Å². The van der Waals surface area contributed by atoms with Crippen LogP contribution >= 0.6 is 0 Å². The van der Waals surface area contributed by atoms with Crippen molar-refractivity contribution >= 4 is 28.8 Å². The van der Waals surface area contributed by atoms with Crippen molar-refractivity contribution in [2.45, 2.75) is 64.0 Å². The van der Waals surface area contributed by atoms with E-state index in [0.717, 1.165) is 59.8 Å². The Hall–Kier alpha value is -4.67. The third-order valence-corrected chi connectivity index (χ3v) is 9.12. The van der Waals surface area contributed by atoms with E-state index in [1.807, 2.05) is 73.8 Å². The van der Waals surface area contributed by atoms with Crippen LogP contribution in [0.3, 0.4) is 0 Å². The maximum atomic E-state index is 13.0. The average Bonchev–Trinajstić information content (AvgIpc) is 3.74. The maximum absolute atomic E-state index is 13.0. The number of aryl methyl sites for hydroxylation is 1. The first-order valence-electron chi connectivity index (χ1n) is 14.3. The Morgan fingerprint density at radius 1 is 1.02 bits per heavy atom. The fraction of sp³-hybridized carbons (Fsp3) is 0.387. The Bertz CT molecular complexity index is 1880. The maximum Gasteiger partial charge on any atom is 0.410 e. The molecule has 1 N–H and O–H groups in total. The van der Waals surface area contributed by atoms with E-state index in [9.17, 15) is 4.79 Å². The number of carbonyl (C=O) groups is 1. The molecule has 0 spiro atoms. The van der Waals surface area contributed by atoms with Gasteiger partial charge in [0.15, 0.2) is 11.5 Å². The molecule has 5 fully saturated rings. The van der Waals surface area contributed by atoms with Crippen LogP contribution in [0.1, 0.15) is 57.1 Å². The first kappa shape index (κ1) is 25.1. The Balaban J connectivity index is 1.04. The summed E-state index contributed by atoms with van der Waals surface area (Å²) >= 11 is 0. The van der Waals surface area contributed by atoms with Gasteiger partial charge in [0.1, 0.15) is 35.3 Å². The Labute approximate surface area is 242 Å². The van der Waals surface area contributed by atoms with E-state index in [1.165, 1.54) is 11.9 Å². The van der Waals surface area contributed by atoms with Crippen LogP contribution < -0.4 is 10.1 Å². The molecule has 5 aliphatic rings. The van der Waals surface area contributed by atoms with E-state index >= 15 is 0 Å². The van der Waals surface area contributed by atoms with E-state index in [4.69, 9.17) is 9.47 Å². The van der Waals surface area contributed by atoms with Gasteiger partial charge in [-0.3, -0.25) is 0 Å². The minimum Gasteiger partial charge on any atom is -0.457 e. The lowest BCUT2D eigenvalue weighted by Crippen LogP contribution is -2.47. The number of benzene rings is 1. The molecule has 214 valence electrons. The van der Waals surface area contributed by atoms with Crippen molar-refractivity contribution in [1.29, 1.82) is 0 Å². The quantitative estimate of drug-likeness (QED) is 0.282. The number of ether oxygens (including phenoxy) is 2. The smallest absolute Gasteiger partial charge is 0.410 e. The topological polar surface area (TPSA) is 111 Å². The minimum absolute atomic E-state index is 0.0803. The van der Waals surface area contributed by atoms with Crippen LogP contribution in [-0.4, -0.2) is 57.9 Å². The number of fused-ring (bicyclic) bond motifs is 4. The fourth-order valence-electron chi connectivity index (χ4n) is 7.58. The number of nitrogens with zero attached hydrogens (tertiary/aromatic N) is 7. The molecule has 5 aromatic rings. The number of nitrogens with one attached hydrogen (secondary N) is 1. The lowest BCUT2D eigenvalue weighted by molar-refractivity contribution is 0.00972. The molecule has 42 heavy (non-hydrogen) atoms. The van der Waals surface area contributed by atoms with Crippen molar-refractivity contribution in [3.05, 3.63) is 72.6 Å². The summed E-state index contributed by atoms with van der Waals surface area (Å²) < 4.78 is 15.5. The summed E-state index contributed by atoms with van der Waals surface area (Å²) in [5.74, 6) is 2.55. The second kappa shape index (κ2) is 8.43. The number of carbonyl (C=O) groups excluding carboxylic acids is 1. The third kappa shape index (κ3) is 3.75. The standard InChI is InChI=1S/C31H32N8O3/c1-19-11-20(5-6-24(19)41-21-7-9-38-25(12-21)32-17-34-38)36-27-26-22(8-10-39(26)35-18-33-27)23-13-31-14-30(23,15-31)16-37(31)28(40)42-29(2,3)4/h5-12,17-18,23H,13-16H2,1-4H3,(H,33,35,36)/t23-,30?,31?/m1/s1. The molecule has 1 amide bonds. The minimum atomic E-state index is -0.498. The fourth-order valence-corrected chi connectivity index (χ4v) is 7.58. The second-order valence-corrected chi connectivity index (χ2v) is 13.1. The Morgan fingerprint density at radius 2 is 1.81 bits per heavy atom. The monoisotopic (exact) mass is 564 g/mol. The van der Waals surface area contributed by atoms with E-state index < -0.39 is 5.60 Å². The SMILES string of the molecule is Cc1cc(Nc2ncnn3ccc([C@H]4CC56CC4(CN5C(=O)OC(C)(C)C)C6)c23)ccc1Oc1ccn2ncnc2c1. The largest absolute Gasteiger partial charge is 0.457 e. The highest BCUT2D eigenvalue weighted by atomic mass is 16.6. The average molecular weight is 565 g/mol. The van der Waals surface area contributed by atoms with Gasteiger partial charge in [0.2, 0.25) is 0 Å². The zero-order valence-corrected chi connectivity index (χ0v) is 24.0. The number of hydrogen-bond acceptors (Lipinski definition) is 8. The summed E-state index contributed by atoms with van der Waals surface area (Å²) in [5.41, 5.74) is 4.32. The molecular weight excluding hydrogens is 532 g/mol. The molecule has 10 rings (SSSR count). The molecule has 3 aliphatic carbocycles. The first-order chi connectivity index (χ1) is 20.1. The molecule has 0 unspecified atom stereocenters. The summed E-state index contributed by atoms with van der Waals surface area (Å²) in [6.07, 6.45) is 9.74. The second-order valence-electron chi connectivity index (χ2n) is 13.1. The number of piperidine rings is 1. The van der Waals surface area contributed by atoms with Crippen molar-refractivity contribution in [1.82, 2.24) is 34.1 Å². The van der Waals surface area contributed by atoms with Crippen LogP contribution in [0.25, 0.3) is 11.2 Å². The van der Waals surface area contributed by atoms with E-state index in [2.05, 4.69) is 37.6 Å². The zero-order chi connectivity index (χ0) is 28.9. The molecule has 2 aliphatic heterocycles. The van der Waals surface area contributed by atoms with Gasteiger partial charge in [0, 0.05) is 36.2 Å². The predicted octanol–water partition coefficient (Wildman–Crippen LogP) is 5.87. The van der Waals surface area contributed by atoms with Crippen LogP contribution in [0.4, 0.5) is 16.3 Å². The number of amides is 1. The van der Waals surface area contributed by atoms with Gasteiger partial charge < -0.3 is 19.7 Å². The van der Waals surface area contributed by atoms with Crippen LogP contribution in [0, 0.1) is 12.3 Å². The summed E-state index contributed by atoms with van der Waals surface area (Å²) in [7, 11) is 0. The molecule has 1 atom stereocenters. The number of hydrogen-bond donors (Lipinski definition) is 1. The van der Waals surface area contributed by atoms with Gasteiger partial charge in [-0.25, -0.2) is 23.8 Å². The summed E-state index contributed by atoms with van der Waals surface area (Å²) in [6, 6.07) is 11.9. The third-order valence-electron chi connectivity index (χ3n) is 9.12. The molecule has 6 heterocycles. The van der Waals surface area contributed by atoms with Gasteiger partial charge in [-0.1, -0.05) is 0 Å². The van der Waals surface area contributed by atoms with Crippen molar-refractivity contribution in [3.63, 3.8) is 0 Å². The molecule has 1 aromatic carbocycles. The van der Waals surface area contributed by atoms with E-state index in [0.29, 0.717) is 11.7 Å². The Kier molecular flexibility index (Phi) is 5.03. The lowest BCUT2D eigenvalue weighted by Gasteiger charge is -2.38. The van der Waals surface area contributed by atoms with Crippen LogP contribution in [0.2, 0.25) is 0 Å². The zero-order valence-electron chi connectivity index (χ0n) is 24.0. The highest BCUT2D eigenvalue weighted by molar-refractivity contribution is 5.79. The van der Waals surface area contributed by atoms with Crippen LogP contribution in [0.5, 0.6) is 11.5 Å². The first-order valence-corrected chi connectivity index (χ1v) is 14.3. The normalized spacial score (nSPS) is 24.3. The summed E-state index contributed by atoms with van der Waals surface area (Å²) in [6.45, 7) is 8.53. The summed E-state index contributed by atoms with van der Waals surface area (Å²) in [4.78, 5) is 23.9. The molecular formula is C31H32N8O3. The van der Waals surface area contributed by atoms with Crippen molar-refractivity contribution in [3.8, 4) is 11.5 Å². The van der Waals surface area contributed by atoms with E-state index in [1.54, 1.807) is 10.8 Å². The Morgan fingerprint density at radius 3 is 2.57 bits per heavy atom. The van der Waals surface area contributed by atoms with Gasteiger partial charge in [-0.2, -0.15) is 10.2 Å². The molecule has 3 saturated carbocycles. The molecule has 0 radical (unpaired) electrons. The highest BCUT2D eigenvalue weighted by Gasteiger charge is 2.76. The molecule has 4 aromatic heterocycles. The highest BCUT2D eigenvalue weighted by Crippen LogP contribution is 2.76. The van der Waals surface area contributed by atoms with Crippen molar-refractivity contribution in [2.75, 3.05) is 11.9 Å². The lowest BCUT2D eigenvalue weighted by atomic mass is 9.67. The van der Waals surface area contributed by atoms with Gasteiger partial charge in [0.05, 0.1) is 0 Å². The number of aromatic nitrogens is 6. The number of anilines is 2. The molecule has 11 heteroatoms. The van der Waals surface area contributed by atoms with Gasteiger partial charge in [0.25, 0.3) is 0 Å². The van der Waals surface area contributed by atoms with Gasteiger partial charge in [-0.15, -0.1) is 0 Å². The molecule has 11 nitrogen and oxygen atoms in total. The van der Waals surface area contributed by atoms with Crippen molar-refractivity contribution < 1.29 is 14.3 Å². The van der Waals surface area contributed by atoms with Crippen LogP contribution in [0.15, 0.2) is 61.4 Å². The van der Waals surface area contributed by atoms with Crippen LogP contribution in [-0.2, 0) is 4.74 Å². The van der Waals surface area contributed by atoms with Gasteiger partial charge in [-0.05, 0) is 99.7 Å². The molecule has 2 bridgehead atoms. The van der Waals surface area contributed by atoms with Gasteiger partial charge >= 0.3 is 6.09 Å². The van der Waals surface area contributed by atoms with Crippen molar-refractivity contribution in [2.24, 2.45) is 5.41 Å². The molecule has 2 saturated heterocycles. The summed E-state index contributed by atoms with van der Waals surface area (Å²) in [5, 5.41) is 12.2.